The molecule has 0 saturated carbocycles. The van der Waals surface area contributed by atoms with Gasteiger partial charge >= 0.3 is 0 Å². The number of benzene rings is 1. The van der Waals surface area contributed by atoms with Crippen LogP contribution in [0.4, 0.5) is 0 Å². The van der Waals surface area contributed by atoms with E-state index < -0.39 is 0 Å². The van der Waals surface area contributed by atoms with E-state index in [2.05, 4.69) is 9.97 Å². The molecule has 4 heteroatoms. The van der Waals surface area contributed by atoms with Gasteiger partial charge in [-0.05, 0) is 24.3 Å². The highest BCUT2D eigenvalue weighted by atomic mass is 35.5. The van der Waals surface area contributed by atoms with Crippen LogP contribution < -0.4 is 0 Å². The average Bonchev–Trinajstić information content (AvgIpc) is 2.70. The van der Waals surface area contributed by atoms with Gasteiger partial charge in [-0.1, -0.05) is 29.3 Å². The van der Waals surface area contributed by atoms with E-state index in [1.807, 2.05) is 18.2 Å². The molecule has 0 fully saturated rings. The Morgan fingerprint density at radius 1 is 1.13 bits per heavy atom. The number of nitrogens with zero attached hydrogens (tertiary/aromatic N) is 1. The zero-order chi connectivity index (χ0) is 10.7. The van der Waals surface area contributed by atoms with E-state index in [9.17, 15) is 0 Å². The Hall–Kier alpha value is -1.25. The molecule has 0 unspecified atom stereocenters. The lowest BCUT2D eigenvalue weighted by atomic mass is 10.2. The third-order valence-corrected chi connectivity index (χ3v) is 2.61. The number of hydrogen-bond donors (Lipinski definition) is 1. The number of imidazole rings is 1. The van der Waals surface area contributed by atoms with Crippen molar-refractivity contribution in [2.24, 2.45) is 0 Å². The number of H-pyrrole nitrogens is 1. The summed E-state index contributed by atoms with van der Waals surface area (Å²) in [5.74, 6) is 0. The van der Waals surface area contributed by atoms with E-state index in [0.29, 0.717) is 10.0 Å². The van der Waals surface area contributed by atoms with Crippen LogP contribution in [0.1, 0.15) is 11.3 Å². The van der Waals surface area contributed by atoms with E-state index in [0.717, 1.165) is 11.3 Å². The van der Waals surface area contributed by atoms with Crippen molar-refractivity contribution in [3.63, 3.8) is 0 Å². The first kappa shape index (κ1) is 10.3. The van der Waals surface area contributed by atoms with Gasteiger partial charge in [-0.2, -0.15) is 0 Å². The van der Waals surface area contributed by atoms with E-state index in [1.165, 1.54) is 0 Å². The minimum atomic E-state index is 0.637. The highest BCUT2D eigenvalue weighted by Crippen LogP contribution is 2.25. The second-order valence-corrected chi connectivity index (χ2v) is 3.79. The number of aromatic nitrogens is 2. The molecule has 1 aromatic carbocycles. The Morgan fingerprint density at radius 2 is 1.87 bits per heavy atom. The molecule has 0 aliphatic rings. The van der Waals surface area contributed by atoms with Gasteiger partial charge in [0, 0.05) is 15.6 Å². The Kier molecular flexibility index (Phi) is 3.09. The maximum Gasteiger partial charge on any atom is 0.0924 e. The van der Waals surface area contributed by atoms with Crippen LogP contribution in [-0.2, 0) is 0 Å². The van der Waals surface area contributed by atoms with E-state index >= 15 is 0 Å². The molecular weight excluding hydrogens is 231 g/mol. The van der Waals surface area contributed by atoms with Crippen molar-refractivity contribution in [1.82, 2.24) is 9.97 Å². The van der Waals surface area contributed by atoms with Gasteiger partial charge in [0.15, 0.2) is 0 Å². The fourth-order valence-electron chi connectivity index (χ4n) is 1.20. The van der Waals surface area contributed by atoms with Crippen LogP contribution in [0.5, 0.6) is 0 Å². The van der Waals surface area contributed by atoms with Crippen LogP contribution in [0.2, 0.25) is 10.0 Å². The van der Waals surface area contributed by atoms with Crippen molar-refractivity contribution in [3.05, 3.63) is 52.0 Å². The van der Waals surface area contributed by atoms with E-state index in [4.69, 9.17) is 23.2 Å². The molecule has 1 aromatic heterocycles. The monoisotopic (exact) mass is 238 g/mol. The molecule has 0 radical (unpaired) electrons. The van der Waals surface area contributed by atoms with Gasteiger partial charge in [-0.15, -0.1) is 0 Å². The first-order chi connectivity index (χ1) is 7.27. The minimum Gasteiger partial charge on any atom is -0.345 e. The fourth-order valence-corrected chi connectivity index (χ4v) is 1.72. The van der Waals surface area contributed by atoms with E-state index in [1.54, 1.807) is 24.7 Å². The number of halogens is 2. The molecule has 2 aromatic rings. The van der Waals surface area contributed by atoms with Crippen molar-refractivity contribution < 1.29 is 0 Å². The van der Waals surface area contributed by atoms with Crippen LogP contribution in [0, 0.1) is 0 Å². The zero-order valence-electron chi connectivity index (χ0n) is 7.74. The highest BCUT2D eigenvalue weighted by Gasteiger charge is 2.00. The van der Waals surface area contributed by atoms with Gasteiger partial charge in [-0.25, -0.2) is 4.98 Å². The second kappa shape index (κ2) is 4.51. The molecule has 0 aliphatic carbocycles. The zero-order valence-corrected chi connectivity index (χ0v) is 9.26. The van der Waals surface area contributed by atoms with Crippen molar-refractivity contribution in [2.75, 3.05) is 0 Å². The standard InChI is InChI=1S/C11H8Cl2N2/c12-10-2-1-3-11(13)9(10)5-4-8-6-14-7-15-8/h1-7H,(H,14,15). The predicted molar refractivity (Wildman–Crippen MR) is 64.0 cm³/mol. The smallest absolute Gasteiger partial charge is 0.0924 e. The van der Waals surface area contributed by atoms with E-state index in [-0.39, 0.29) is 0 Å². The van der Waals surface area contributed by atoms with Gasteiger partial charge < -0.3 is 4.98 Å². The molecular formula is C11H8Cl2N2. The number of nitrogens with one attached hydrogen (secondary N) is 1. The molecule has 1 N–H and O–H groups in total. The van der Waals surface area contributed by atoms with Crippen molar-refractivity contribution in [1.29, 1.82) is 0 Å². The van der Waals surface area contributed by atoms with Crippen molar-refractivity contribution in [2.45, 2.75) is 0 Å². The molecule has 0 saturated heterocycles. The molecule has 0 aliphatic heterocycles. The molecule has 2 nitrogen and oxygen atoms in total. The Bertz CT molecular complexity index is 455. The summed E-state index contributed by atoms with van der Waals surface area (Å²) < 4.78 is 0. The van der Waals surface area contributed by atoms with Crippen LogP contribution in [0.25, 0.3) is 12.2 Å². The second-order valence-electron chi connectivity index (χ2n) is 2.98. The van der Waals surface area contributed by atoms with Crippen molar-refractivity contribution in [3.8, 4) is 0 Å². The number of hydrogen-bond acceptors (Lipinski definition) is 1. The average molecular weight is 239 g/mol. The largest absolute Gasteiger partial charge is 0.345 e. The maximum atomic E-state index is 6.01. The molecule has 0 spiro atoms. The van der Waals surface area contributed by atoms with Crippen LogP contribution in [-0.4, -0.2) is 9.97 Å². The molecule has 0 amide bonds. The van der Waals surface area contributed by atoms with Gasteiger partial charge in [-0.3, -0.25) is 0 Å². The molecule has 1 heterocycles. The Balaban J connectivity index is 2.32. The Morgan fingerprint density at radius 3 is 2.47 bits per heavy atom. The quantitative estimate of drug-likeness (QED) is 0.846. The first-order valence-corrected chi connectivity index (χ1v) is 5.13. The summed E-state index contributed by atoms with van der Waals surface area (Å²) in [6.45, 7) is 0. The van der Waals surface area contributed by atoms with Crippen LogP contribution >= 0.6 is 23.2 Å². The lowest BCUT2D eigenvalue weighted by Crippen LogP contribution is -1.77. The number of rotatable bonds is 2. The summed E-state index contributed by atoms with van der Waals surface area (Å²) in [7, 11) is 0. The van der Waals surface area contributed by atoms with Crippen LogP contribution in [0.3, 0.4) is 0 Å². The highest BCUT2D eigenvalue weighted by molar-refractivity contribution is 6.37. The topological polar surface area (TPSA) is 28.7 Å². The van der Waals surface area contributed by atoms with Gasteiger partial charge in [0.25, 0.3) is 0 Å². The first-order valence-electron chi connectivity index (χ1n) is 4.38. The molecule has 76 valence electrons. The maximum absolute atomic E-state index is 6.01. The summed E-state index contributed by atoms with van der Waals surface area (Å²) in [6.07, 6.45) is 7.08. The van der Waals surface area contributed by atoms with Gasteiger partial charge in [0.05, 0.1) is 18.2 Å². The molecule has 0 bridgehead atoms. The van der Waals surface area contributed by atoms with Crippen molar-refractivity contribution >= 4 is 35.4 Å². The lowest BCUT2D eigenvalue weighted by Gasteiger charge is -1.99. The normalized spacial score (nSPS) is 11.1. The number of aromatic amines is 1. The fraction of sp³-hybridized carbons (Fsp3) is 0. The van der Waals surface area contributed by atoms with Gasteiger partial charge in [0.1, 0.15) is 0 Å². The van der Waals surface area contributed by atoms with Crippen LogP contribution in [0.15, 0.2) is 30.7 Å². The Labute approximate surface area is 97.6 Å². The summed E-state index contributed by atoms with van der Waals surface area (Å²) in [5.41, 5.74) is 1.72. The summed E-state index contributed by atoms with van der Waals surface area (Å²) in [4.78, 5) is 6.87. The SMILES string of the molecule is Clc1cccc(Cl)c1C=Cc1cnc[nH]1. The predicted octanol–water partition coefficient (Wildman–Crippen LogP) is 3.89. The van der Waals surface area contributed by atoms with Gasteiger partial charge in [0.2, 0.25) is 0 Å². The lowest BCUT2D eigenvalue weighted by molar-refractivity contribution is 1.31. The molecule has 15 heavy (non-hydrogen) atoms. The molecule has 2 rings (SSSR count). The summed E-state index contributed by atoms with van der Waals surface area (Å²) >= 11 is 12.0. The minimum absolute atomic E-state index is 0.637. The molecule has 0 atom stereocenters. The third kappa shape index (κ3) is 2.41. The third-order valence-electron chi connectivity index (χ3n) is 1.95. The summed E-state index contributed by atoms with van der Waals surface area (Å²) in [6, 6.07) is 5.43. The summed E-state index contributed by atoms with van der Waals surface area (Å²) in [5, 5.41) is 1.27.